The zero-order chi connectivity index (χ0) is 15.5. The second-order valence-corrected chi connectivity index (χ2v) is 7.22. The first-order chi connectivity index (χ1) is 9.93. The fraction of sp³-hybridized carbons (Fsp3) is 0.562. The van der Waals surface area contributed by atoms with Crippen LogP contribution in [-0.2, 0) is 11.3 Å². The largest absolute Gasteiger partial charge is 0.481 e. The van der Waals surface area contributed by atoms with Crippen LogP contribution in [0, 0.1) is 0 Å². The molecule has 1 N–H and O–H groups in total. The van der Waals surface area contributed by atoms with Crippen molar-refractivity contribution in [3.63, 3.8) is 0 Å². The highest BCUT2D eigenvalue weighted by Gasteiger charge is 2.37. The van der Waals surface area contributed by atoms with E-state index < -0.39 is 5.97 Å². The molecule has 0 amide bonds. The van der Waals surface area contributed by atoms with Gasteiger partial charge in [0.1, 0.15) is 0 Å². The second-order valence-electron chi connectivity index (χ2n) is 5.96. The highest BCUT2D eigenvalue weighted by atomic mass is 79.9. The molecule has 1 aromatic carbocycles. The highest BCUT2D eigenvalue weighted by Crippen LogP contribution is 2.37. The van der Waals surface area contributed by atoms with Crippen molar-refractivity contribution in [2.45, 2.75) is 50.6 Å². The third-order valence-corrected chi connectivity index (χ3v) is 5.69. The lowest BCUT2D eigenvalue weighted by atomic mass is 9.78. The van der Waals surface area contributed by atoms with Gasteiger partial charge in [0, 0.05) is 16.6 Å². The minimum Gasteiger partial charge on any atom is -0.481 e. The fourth-order valence-corrected chi connectivity index (χ4v) is 3.81. The lowest BCUT2D eigenvalue weighted by molar-refractivity contribution is -0.141. The highest BCUT2D eigenvalue weighted by molar-refractivity contribution is 9.10. The van der Waals surface area contributed by atoms with Gasteiger partial charge >= 0.3 is 5.97 Å². The number of hydrogen-bond donors (Lipinski definition) is 1. The van der Waals surface area contributed by atoms with Gasteiger partial charge in [-0.05, 0) is 53.5 Å². The van der Waals surface area contributed by atoms with Crippen molar-refractivity contribution >= 4 is 33.5 Å². The minimum absolute atomic E-state index is 0.212. The van der Waals surface area contributed by atoms with Crippen LogP contribution in [0.25, 0.3) is 0 Å². The molecule has 21 heavy (non-hydrogen) atoms. The van der Waals surface area contributed by atoms with Crippen molar-refractivity contribution in [3.8, 4) is 0 Å². The van der Waals surface area contributed by atoms with Crippen molar-refractivity contribution in [2.24, 2.45) is 0 Å². The Balaban J connectivity index is 2.15. The fourth-order valence-electron chi connectivity index (χ4n) is 3.26. The molecule has 1 saturated carbocycles. The summed E-state index contributed by atoms with van der Waals surface area (Å²) in [7, 11) is 2.04. The zero-order valence-electron chi connectivity index (χ0n) is 12.2. The monoisotopic (exact) mass is 373 g/mol. The van der Waals surface area contributed by atoms with Gasteiger partial charge < -0.3 is 5.11 Å². The Bertz CT molecular complexity index is 515. The molecule has 0 aliphatic heterocycles. The molecular formula is C16H21BrClNO2. The van der Waals surface area contributed by atoms with Crippen LogP contribution in [0.2, 0.25) is 5.02 Å². The molecule has 5 heteroatoms. The first-order valence-corrected chi connectivity index (χ1v) is 8.47. The normalized spacial score (nSPS) is 17.9. The summed E-state index contributed by atoms with van der Waals surface area (Å²) in [5.74, 6) is -0.707. The van der Waals surface area contributed by atoms with Crippen molar-refractivity contribution in [1.82, 2.24) is 4.90 Å². The Morgan fingerprint density at radius 2 is 2.05 bits per heavy atom. The van der Waals surface area contributed by atoms with Crippen molar-refractivity contribution < 1.29 is 9.90 Å². The number of aliphatic carboxylic acids is 1. The van der Waals surface area contributed by atoms with E-state index in [1.54, 1.807) is 0 Å². The van der Waals surface area contributed by atoms with E-state index in [0.717, 1.165) is 42.3 Å². The van der Waals surface area contributed by atoms with E-state index in [2.05, 4.69) is 20.8 Å². The number of halogens is 2. The second kappa shape index (κ2) is 7.12. The number of nitrogens with zero attached hydrogens (tertiary/aromatic N) is 1. The van der Waals surface area contributed by atoms with Crippen LogP contribution in [0.5, 0.6) is 0 Å². The summed E-state index contributed by atoms with van der Waals surface area (Å²) in [6.45, 7) is 0.739. The minimum atomic E-state index is -0.707. The van der Waals surface area contributed by atoms with E-state index >= 15 is 0 Å². The smallest absolute Gasteiger partial charge is 0.305 e. The quantitative estimate of drug-likeness (QED) is 0.811. The van der Waals surface area contributed by atoms with Gasteiger partial charge in [-0.15, -0.1) is 0 Å². The maximum absolute atomic E-state index is 11.3. The molecule has 1 aliphatic carbocycles. The summed E-state index contributed by atoms with van der Waals surface area (Å²) in [5, 5.41) is 9.97. The van der Waals surface area contributed by atoms with E-state index in [4.69, 9.17) is 11.6 Å². The van der Waals surface area contributed by atoms with E-state index in [9.17, 15) is 9.90 Å². The summed E-state index contributed by atoms with van der Waals surface area (Å²) < 4.78 is 0.881. The topological polar surface area (TPSA) is 40.5 Å². The van der Waals surface area contributed by atoms with Gasteiger partial charge in [0.05, 0.1) is 11.4 Å². The molecule has 0 unspecified atom stereocenters. The molecule has 1 aromatic rings. The Kier molecular flexibility index (Phi) is 5.69. The molecule has 0 heterocycles. The van der Waals surface area contributed by atoms with Gasteiger partial charge in [-0.25, -0.2) is 0 Å². The number of carboxylic acids is 1. The molecule has 0 saturated heterocycles. The van der Waals surface area contributed by atoms with Crippen molar-refractivity contribution in [3.05, 3.63) is 33.3 Å². The number of hydrogen-bond acceptors (Lipinski definition) is 2. The molecule has 0 atom stereocenters. The number of benzene rings is 1. The molecule has 3 nitrogen and oxygen atoms in total. The molecule has 1 aliphatic rings. The Hall–Kier alpha value is -0.580. The van der Waals surface area contributed by atoms with Gasteiger partial charge in [-0.3, -0.25) is 9.69 Å². The maximum Gasteiger partial charge on any atom is 0.305 e. The molecule has 2 rings (SSSR count). The predicted molar refractivity (Wildman–Crippen MR) is 88.7 cm³/mol. The summed E-state index contributed by atoms with van der Waals surface area (Å²) in [5.41, 5.74) is 0.931. The first-order valence-electron chi connectivity index (χ1n) is 7.30. The van der Waals surface area contributed by atoms with Crippen molar-refractivity contribution in [1.29, 1.82) is 0 Å². The number of carbonyl (C=O) groups is 1. The summed E-state index contributed by atoms with van der Waals surface area (Å²) in [6.07, 6.45) is 5.58. The molecule has 0 bridgehead atoms. The van der Waals surface area contributed by atoms with Crippen LogP contribution in [0.4, 0.5) is 0 Å². The van der Waals surface area contributed by atoms with Gasteiger partial charge in [0.2, 0.25) is 0 Å². The SMILES string of the molecule is CN(Cc1ccc(Cl)c(Br)c1)C1(CC(=O)O)CCCCC1. The molecule has 1 fully saturated rings. The summed E-state index contributed by atoms with van der Waals surface area (Å²) in [6, 6.07) is 5.89. The van der Waals surface area contributed by atoms with E-state index in [0.29, 0.717) is 5.02 Å². The van der Waals surface area contributed by atoms with Crippen LogP contribution in [0.3, 0.4) is 0 Å². The Morgan fingerprint density at radius 1 is 1.38 bits per heavy atom. The first kappa shape index (κ1) is 16.8. The van der Waals surface area contributed by atoms with Crippen LogP contribution in [0.1, 0.15) is 44.1 Å². The van der Waals surface area contributed by atoms with Crippen molar-refractivity contribution in [2.75, 3.05) is 7.05 Å². The lowest BCUT2D eigenvalue weighted by Crippen LogP contribution is -2.49. The van der Waals surface area contributed by atoms with E-state index in [1.165, 1.54) is 6.42 Å². The van der Waals surface area contributed by atoms with Gasteiger partial charge in [0.15, 0.2) is 0 Å². The van der Waals surface area contributed by atoms with Gasteiger partial charge in [-0.2, -0.15) is 0 Å². The Morgan fingerprint density at radius 3 is 2.62 bits per heavy atom. The van der Waals surface area contributed by atoms with E-state index in [-0.39, 0.29) is 12.0 Å². The van der Waals surface area contributed by atoms with Crippen LogP contribution >= 0.6 is 27.5 Å². The van der Waals surface area contributed by atoms with Gasteiger partial charge in [-0.1, -0.05) is 36.9 Å². The molecule has 0 aromatic heterocycles. The third-order valence-electron chi connectivity index (χ3n) is 4.48. The summed E-state index contributed by atoms with van der Waals surface area (Å²) in [4.78, 5) is 13.5. The van der Waals surface area contributed by atoms with Crippen LogP contribution < -0.4 is 0 Å². The van der Waals surface area contributed by atoms with Gasteiger partial charge in [0.25, 0.3) is 0 Å². The average Bonchev–Trinajstić information content (AvgIpc) is 2.43. The maximum atomic E-state index is 11.3. The number of carboxylic acid groups (broad SMARTS) is 1. The lowest BCUT2D eigenvalue weighted by Gasteiger charge is -2.44. The average molecular weight is 375 g/mol. The molecule has 116 valence electrons. The van der Waals surface area contributed by atoms with Crippen LogP contribution in [0.15, 0.2) is 22.7 Å². The number of rotatable bonds is 5. The molecule has 0 spiro atoms. The zero-order valence-corrected chi connectivity index (χ0v) is 14.6. The Labute approximate surface area is 139 Å². The molecule has 0 radical (unpaired) electrons. The third kappa shape index (κ3) is 4.21. The van der Waals surface area contributed by atoms with Crippen LogP contribution in [-0.4, -0.2) is 28.6 Å². The van der Waals surface area contributed by atoms with E-state index in [1.807, 2.05) is 25.2 Å². The standard InChI is InChI=1S/C16H21BrClNO2/c1-19(11-12-5-6-14(18)13(17)9-12)16(10-15(20)21)7-3-2-4-8-16/h5-6,9H,2-4,7-8,10-11H2,1H3,(H,20,21). The summed E-state index contributed by atoms with van der Waals surface area (Å²) >= 11 is 9.47. The predicted octanol–water partition coefficient (Wildman–Crippen LogP) is 4.71. The molecular weight excluding hydrogens is 354 g/mol.